The van der Waals surface area contributed by atoms with Crippen LogP contribution in [0.3, 0.4) is 0 Å². The van der Waals surface area contributed by atoms with Crippen molar-refractivity contribution in [3.05, 3.63) is 57.6 Å². The van der Waals surface area contributed by atoms with Gasteiger partial charge in [0.05, 0.1) is 23.9 Å². The number of hydrogen-bond donors (Lipinski definition) is 1. The Labute approximate surface area is 133 Å². The minimum atomic E-state index is -0.0572. The minimum absolute atomic E-state index is 0.0572. The zero-order chi connectivity index (χ0) is 15.4. The molecule has 0 amide bonds. The lowest BCUT2D eigenvalue weighted by Gasteiger charge is -2.19. The van der Waals surface area contributed by atoms with Crippen molar-refractivity contribution in [2.45, 2.75) is 13.0 Å². The normalized spacial score (nSPS) is 11.8. The van der Waals surface area contributed by atoms with E-state index in [0.29, 0.717) is 15.6 Å². The molecule has 0 radical (unpaired) electrons. The molecule has 0 bridgehead atoms. The predicted molar refractivity (Wildman–Crippen MR) is 86.9 cm³/mol. The summed E-state index contributed by atoms with van der Waals surface area (Å²) in [6.45, 7) is 1.98. The second-order valence-electron chi connectivity index (χ2n) is 4.61. The Morgan fingerprint density at radius 3 is 2.57 bits per heavy atom. The van der Waals surface area contributed by atoms with Crippen LogP contribution >= 0.6 is 23.2 Å². The van der Waals surface area contributed by atoms with E-state index >= 15 is 0 Å². The van der Waals surface area contributed by atoms with Gasteiger partial charge < -0.3 is 10.1 Å². The van der Waals surface area contributed by atoms with Crippen LogP contribution in [0.25, 0.3) is 0 Å². The molecule has 1 N–H and O–H groups in total. The predicted octanol–water partition coefficient (Wildman–Crippen LogP) is 4.99. The molecule has 1 atom stereocenters. The highest BCUT2D eigenvalue weighted by atomic mass is 35.5. The van der Waals surface area contributed by atoms with Gasteiger partial charge in [0, 0.05) is 16.1 Å². The molecule has 0 saturated heterocycles. The maximum atomic E-state index is 10.7. The number of benzene rings is 2. The van der Waals surface area contributed by atoms with Crippen molar-refractivity contribution < 1.29 is 9.53 Å². The van der Waals surface area contributed by atoms with Gasteiger partial charge in [-0.2, -0.15) is 0 Å². The Morgan fingerprint density at radius 1 is 1.19 bits per heavy atom. The Balaban J connectivity index is 2.27. The first-order chi connectivity index (χ1) is 10.0. The van der Waals surface area contributed by atoms with Crippen molar-refractivity contribution >= 4 is 35.2 Å². The molecule has 0 aliphatic carbocycles. The molecule has 21 heavy (non-hydrogen) atoms. The van der Waals surface area contributed by atoms with Gasteiger partial charge in [0.1, 0.15) is 12.0 Å². The molecule has 110 valence electrons. The summed E-state index contributed by atoms with van der Waals surface area (Å²) in [7, 11) is 1.62. The van der Waals surface area contributed by atoms with E-state index in [9.17, 15) is 4.79 Å². The summed E-state index contributed by atoms with van der Waals surface area (Å²) in [5, 5.41) is 4.43. The molecule has 0 aliphatic heterocycles. The van der Waals surface area contributed by atoms with E-state index in [4.69, 9.17) is 27.9 Å². The van der Waals surface area contributed by atoms with Crippen LogP contribution in [0.5, 0.6) is 5.75 Å². The van der Waals surface area contributed by atoms with Gasteiger partial charge in [-0.05, 0) is 43.3 Å². The van der Waals surface area contributed by atoms with Gasteiger partial charge in [-0.1, -0.05) is 23.2 Å². The van der Waals surface area contributed by atoms with Crippen molar-refractivity contribution in [3.63, 3.8) is 0 Å². The summed E-state index contributed by atoms with van der Waals surface area (Å²) in [5.41, 5.74) is 2.22. The molecule has 2 rings (SSSR count). The number of carbonyl (C=O) groups excluding carboxylic acids is 1. The molecule has 2 aromatic rings. The number of halogens is 2. The van der Waals surface area contributed by atoms with Gasteiger partial charge in [-0.25, -0.2) is 0 Å². The van der Waals surface area contributed by atoms with E-state index in [1.54, 1.807) is 31.4 Å². The fourth-order valence-electron chi connectivity index (χ4n) is 2.08. The lowest BCUT2D eigenvalue weighted by atomic mass is 10.1. The van der Waals surface area contributed by atoms with Gasteiger partial charge in [0.25, 0.3) is 0 Å². The third kappa shape index (κ3) is 3.69. The maximum Gasteiger partial charge on any atom is 0.150 e. The standard InChI is InChI=1S/C16H15Cl2NO2/c1-10(13-8-12(17)4-6-16(13)21-2)19-15-5-3-11(9-20)7-14(15)18/h3-10,19H,1-2H3/t10-/m0/s1. The van der Waals surface area contributed by atoms with Crippen molar-refractivity contribution in [3.8, 4) is 5.75 Å². The fourth-order valence-corrected chi connectivity index (χ4v) is 2.50. The van der Waals surface area contributed by atoms with Crippen molar-refractivity contribution in [1.29, 1.82) is 0 Å². The molecular formula is C16H15Cl2NO2. The van der Waals surface area contributed by atoms with Crippen LogP contribution in [0.4, 0.5) is 5.69 Å². The Morgan fingerprint density at radius 2 is 1.95 bits per heavy atom. The van der Waals surface area contributed by atoms with Crippen LogP contribution in [0, 0.1) is 0 Å². The van der Waals surface area contributed by atoms with E-state index in [0.717, 1.165) is 23.3 Å². The van der Waals surface area contributed by atoms with Crippen LogP contribution in [0.1, 0.15) is 28.9 Å². The van der Waals surface area contributed by atoms with Crippen LogP contribution in [0.15, 0.2) is 36.4 Å². The third-order valence-corrected chi connectivity index (χ3v) is 3.71. The first-order valence-corrected chi connectivity index (χ1v) is 7.15. The molecular weight excluding hydrogens is 309 g/mol. The van der Waals surface area contributed by atoms with Crippen molar-refractivity contribution in [2.75, 3.05) is 12.4 Å². The first kappa shape index (κ1) is 15.7. The molecule has 2 aromatic carbocycles. The van der Waals surface area contributed by atoms with Gasteiger partial charge in [0.2, 0.25) is 0 Å². The molecule has 5 heteroatoms. The molecule has 0 aliphatic rings. The number of anilines is 1. The lowest BCUT2D eigenvalue weighted by Crippen LogP contribution is -2.08. The number of hydrogen-bond acceptors (Lipinski definition) is 3. The number of aldehydes is 1. The summed E-state index contributed by atoms with van der Waals surface area (Å²) in [6.07, 6.45) is 0.763. The second kappa shape index (κ2) is 6.83. The molecule has 0 saturated carbocycles. The zero-order valence-corrected chi connectivity index (χ0v) is 13.2. The summed E-state index contributed by atoms with van der Waals surface area (Å²) in [4.78, 5) is 10.7. The van der Waals surface area contributed by atoms with E-state index in [1.807, 2.05) is 19.1 Å². The Kier molecular flexibility index (Phi) is 5.10. The third-order valence-electron chi connectivity index (χ3n) is 3.16. The Hall–Kier alpha value is -1.71. The van der Waals surface area contributed by atoms with E-state index in [2.05, 4.69) is 5.32 Å². The molecule has 0 fully saturated rings. The van der Waals surface area contributed by atoms with Gasteiger partial charge in [0.15, 0.2) is 0 Å². The quantitative estimate of drug-likeness (QED) is 0.788. The minimum Gasteiger partial charge on any atom is -0.496 e. The fraction of sp³-hybridized carbons (Fsp3) is 0.188. The first-order valence-electron chi connectivity index (χ1n) is 6.40. The average molecular weight is 324 g/mol. The molecule has 0 unspecified atom stereocenters. The smallest absolute Gasteiger partial charge is 0.150 e. The number of nitrogens with one attached hydrogen (secondary N) is 1. The number of methoxy groups -OCH3 is 1. The molecule has 0 aromatic heterocycles. The maximum absolute atomic E-state index is 10.7. The number of rotatable bonds is 5. The van der Waals surface area contributed by atoms with E-state index in [-0.39, 0.29) is 6.04 Å². The molecule has 0 spiro atoms. The highest BCUT2D eigenvalue weighted by molar-refractivity contribution is 6.33. The summed E-state index contributed by atoms with van der Waals surface area (Å²) in [6, 6.07) is 10.5. The molecule has 0 heterocycles. The molecule has 3 nitrogen and oxygen atoms in total. The second-order valence-corrected chi connectivity index (χ2v) is 5.45. The average Bonchev–Trinajstić information content (AvgIpc) is 2.49. The van der Waals surface area contributed by atoms with Crippen LogP contribution in [-0.2, 0) is 0 Å². The highest BCUT2D eigenvalue weighted by Crippen LogP contribution is 2.32. The SMILES string of the molecule is COc1ccc(Cl)cc1[C@H](C)Nc1ccc(C=O)cc1Cl. The highest BCUT2D eigenvalue weighted by Gasteiger charge is 2.13. The zero-order valence-electron chi connectivity index (χ0n) is 11.7. The largest absolute Gasteiger partial charge is 0.496 e. The van der Waals surface area contributed by atoms with Gasteiger partial charge in [-0.15, -0.1) is 0 Å². The monoisotopic (exact) mass is 323 g/mol. The number of carbonyl (C=O) groups is 1. The summed E-state index contributed by atoms with van der Waals surface area (Å²) < 4.78 is 5.35. The van der Waals surface area contributed by atoms with Crippen LogP contribution in [0.2, 0.25) is 10.0 Å². The summed E-state index contributed by atoms with van der Waals surface area (Å²) >= 11 is 12.2. The number of ether oxygens (including phenoxy) is 1. The van der Waals surface area contributed by atoms with Gasteiger partial charge in [-0.3, -0.25) is 4.79 Å². The summed E-state index contributed by atoms with van der Waals surface area (Å²) in [5.74, 6) is 0.750. The topological polar surface area (TPSA) is 38.3 Å². The van der Waals surface area contributed by atoms with Crippen molar-refractivity contribution in [2.24, 2.45) is 0 Å². The van der Waals surface area contributed by atoms with Crippen molar-refractivity contribution in [1.82, 2.24) is 0 Å². The van der Waals surface area contributed by atoms with Crippen LogP contribution in [-0.4, -0.2) is 13.4 Å². The van der Waals surface area contributed by atoms with Gasteiger partial charge >= 0.3 is 0 Å². The lowest BCUT2D eigenvalue weighted by molar-refractivity contribution is 0.112. The van der Waals surface area contributed by atoms with E-state index < -0.39 is 0 Å². The Bertz CT molecular complexity index is 659. The van der Waals surface area contributed by atoms with Crippen LogP contribution < -0.4 is 10.1 Å². The van der Waals surface area contributed by atoms with E-state index in [1.165, 1.54) is 0 Å².